The maximum Gasteiger partial charge on any atom is 0.153 e. The number of hydrogen-bond acceptors (Lipinski definition) is 2. The summed E-state index contributed by atoms with van der Waals surface area (Å²) in [6, 6.07) is 1.91. The van der Waals surface area contributed by atoms with Crippen LogP contribution in [-0.2, 0) is 6.54 Å². The molecule has 1 N–H and O–H groups in total. The van der Waals surface area contributed by atoms with E-state index in [4.69, 9.17) is 16.0 Å². The SMILES string of the molecule is CC(C)NCc1oc2c(Br)cc(Cl)c(F)c2c1C1CC1. The fourth-order valence-corrected chi connectivity index (χ4v) is 3.31. The predicted molar refractivity (Wildman–Crippen MR) is 82.8 cm³/mol. The summed E-state index contributed by atoms with van der Waals surface area (Å²) >= 11 is 9.38. The third-order valence-electron chi connectivity index (χ3n) is 3.58. The lowest BCUT2D eigenvalue weighted by molar-refractivity contribution is 0.482. The summed E-state index contributed by atoms with van der Waals surface area (Å²) < 4.78 is 21.0. The van der Waals surface area contributed by atoms with E-state index in [0.29, 0.717) is 33.9 Å². The zero-order chi connectivity index (χ0) is 14.4. The second-order valence-corrected chi connectivity index (χ2v) is 6.87. The Kier molecular flexibility index (Phi) is 3.82. The Morgan fingerprint density at radius 2 is 2.20 bits per heavy atom. The van der Waals surface area contributed by atoms with Crippen molar-refractivity contribution in [3.8, 4) is 0 Å². The molecule has 2 aromatic rings. The fraction of sp³-hybridized carbons (Fsp3) is 0.467. The Hall–Kier alpha value is -0.580. The topological polar surface area (TPSA) is 25.2 Å². The molecule has 1 saturated carbocycles. The van der Waals surface area contributed by atoms with Crippen LogP contribution in [0.3, 0.4) is 0 Å². The van der Waals surface area contributed by atoms with Crippen LogP contribution in [0.4, 0.5) is 4.39 Å². The van der Waals surface area contributed by atoms with Crippen LogP contribution in [0.1, 0.15) is 43.9 Å². The molecule has 0 bridgehead atoms. The van der Waals surface area contributed by atoms with Gasteiger partial charge >= 0.3 is 0 Å². The van der Waals surface area contributed by atoms with E-state index in [-0.39, 0.29) is 10.8 Å². The van der Waals surface area contributed by atoms with Gasteiger partial charge in [0.05, 0.1) is 21.4 Å². The van der Waals surface area contributed by atoms with E-state index in [9.17, 15) is 4.39 Å². The highest BCUT2D eigenvalue weighted by atomic mass is 79.9. The lowest BCUT2D eigenvalue weighted by atomic mass is 10.1. The molecule has 2 nitrogen and oxygen atoms in total. The molecule has 0 unspecified atom stereocenters. The molecular weight excluding hydrogens is 345 g/mol. The van der Waals surface area contributed by atoms with Gasteiger partial charge < -0.3 is 9.73 Å². The van der Waals surface area contributed by atoms with Crippen molar-refractivity contribution in [1.82, 2.24) is 5.32 Å². The van der Waals surface area contributed by atoms with E-state index in [1.165, 1.54) is 0 Å². The Bertz CT molecular complexity index is 664. The van der Waals surface area contributed by atoms with Gasteiger partial charge in [-0.1, -0.05) is 25.4 Å². The number of fused-ring (bicyclic) bond motifs is 1. The molecule has 1 heterocycles. The number of nitrogens with one attached hydrogen (secondary N) is 1. The zero-order valence-corrected chi connectivity index (χ0v) is 13.7. The summed E-state index contributed by atoms with van der Waals surface area (Å²) in [5, 5.41) is 4.02. The maximum atomic E-state index is 14.4. The Balaban J connectivity index is 2.17. The molecule has 1 aromatic carbocycles. The normalized spacial score (nSPS) is 15.5. The minimum Gasteiger partial charge on any atom is -0.458 e. The smallest absolute Gasteiger partial charge is 0.153 e. The Morgan fingerprint density at radius 1 is 1.50 bits per heavy atom. The highest BCUT2D eigenvalue weighted by Crippen LogP contribution is 2.48. The van der Waals surface area contributed by atoms with Crippen LogP contribution in [0.15, 0.2) is 15.0 Å². The molecule has 0 amide bonds. The van der Waals surface area contributed by atoms with E-state index in [1.54, 1.807) is 6.07 Å². The molecule has 1 aliphatic rings. The van der Waals surface area contributed by atoms with E-state index in [0.717, 1.165) is 24.2 Å². The molecule has 5 heteroatoms. The first-order valence-corrected chi connectivity index (χ1v) is 7.98. The van der Waals surface area contributed by atoms with Crippen molar-refractivity contribution in [2.45, 2.75) is 45.2 Å². The molecule has 0 aliphatic heterocycles. The second-order valence-electron chi connectivity index (χ2n) is 5.61. The summed E-state index contributed by atoms with van der Waals surface area (Å²) in [5.74, 6) is 0.865. The van der Waals surface area contributed by atoms with Gasteiger partial charge in [-0.3, -0.25) is 0 Å². The molecule has 108 valence electrons. The average Bonchev–Trinajstić information content (AvgIpc) is 3.14. The molecular formula is C15H16BrClFNO. The van der Waals surface area contributed by atoms with Gasteiger partial charge in [0.25, 0.3) is 0 Å². The third kappa shape index (κ3) is 2.49. The number of furan rings is 1. The fourth-order valence-electron chi connectivity index (χ4n) is 2.47. The largest absolute Gasteiger partial charge is 0.458 e. The van der Waals surface area contributed by atoms with Crippen LogP contribution in [0.25, 0.3) is 11.0 Å². The third-order valence-corrected chi connectivity index (χ3v) is 4.44. The van der Waals surface area contributed by atoms with Gasteiger partial charge in [-0.25, -0.2) is 4.39 Å². The van der Waals surface area contributed by atoms with Crippen LogP contribution in [0.5, 0.6) is 0 Å². The Labute approximate surface area is 130 Å². The van der Waals surface area contributed by atoms with Crippen molar-refractivity contribution in [3.05, 3.63) is 32.7 Å². The van der Waals surface area contributed by atoms with E-state index >= 15 is 0 Å². The van der Waals surface area contributed by atoms with Crippen molar-refractivity contribution < 1.29 is 8.81 Å². The molecule has 3 rings (SSSR count). The minimum atomic E-state index is -0.369. The highest BCUT2D eigenvalue weighted by Gasteiger charge is 2.33. The predicted octanol–water partition coefficient (Wildman–Crippen LogP) is 5.36. The monoisotopic (exact) mass is 359 g/mol. The van der Waals surface area contributed by atoms with Crippen LogP contribution in [0, 0.1) is 5.82 Å². The van der Waals surface area contributed by atoms with E-state index < -0.39 is 0 Å². The van der Waals surface area contributed by atoms with Crippen LogP contribution < -0.4 is 5.32 Å². The molecule has 0 saturated heterocycles. The van der Waals surface area contributed by atoms with Crippen LogP contribution in [-0.4, -0.2) is 6.04 Å². The first kappa shape index (κ1) is 14.4. The van der Waals surface area contributed by atoms with Crippen molar-refractivity contribution in [2.75, 3.05) is 0 Å². The lowest BCUT2D eigenvalue weighted by Gasteiger charge is -2.07. The van der Waals surface area contributed by atoms with Gasteiger partial charge in [-0.15, -0.1) is 0 Å². The van der Waals surface area contributed by atoms with Gasteiger partial charge in [0.2, 0.25) is 0 Å². The van der Waals surface area contributed by atoms with Crippen molar-refractivity contribution >= 4 is 38.5 Å². The van der Waals surface area contributed by atoms with Crippen molar-refractivity contribution in [2.24, 2.45) is 0 Å². The lowest BCUT2D eigenvalue weighted by Crippen LogP contribution is -2.22. The summed E-state index contributed by atoms with van der Waals surface area (Å²) in [7, 11) is 0. The summed E-state index contributed by atoms with van der Waals surface area (Å²) in [6.07, 6.45) is 2.18. The van der Waals surface area contributed by atoms with Crippen molar-refractivity contribution in [1.29, 1.82) is 0 Å². The number of rotatable bonds is 4. The maximum absolute atomic E-state index is 14.4. The average molecular weight is 361 g/mol. The van der Waals surface area contributed by atoms with Gasteiger partial charge in [-0.2, -0.15) is 0 Å². The summed E-state index contributed by atoms with van der Waals surface area (Å²) in [5.41, 5.74) is 1.56. The van der Waals surface area contributed by atoms with Gasteiger partial charge in [0.1, 0.15) is 5.76 Å². The highest BCUT2D eigenvalue weighted by molar-refractivity contribution is 9.10. The standard InChI is InChI=1S/C15H16BrClFNO/c1-7(2)19-6-11-12(8-3-4-8)13-14(18)10(17)5-9(16)15(13)20-11/h5,7-8,19H,3-4,6H2,1-2H3. The molecule has 1 aliphatic carbocycles. The summed E-state index contributed by atoms with van der Waals surface area (Å²) in [4.78, 5) is 0. The zero-order valence-electron chi connectivity index (χ0n) is 11.4. The molecule has 0 radical (unpaired) electrons. The second kappa shape index (κ2) is 5.32. The number of halogens is 3. The van der Waals surface area contributed by atoms with Gasteiger partial charge in [-0.05, 0) is 40.8 Å². The number of benzene rings is 1. The van der Waals surface area contributed by atoms with E-state index in [2.05, 4.69) is 35.1 Å². The first-order valence-electron chi connectivity index (χ1n) is 6.81. The molecule has 1 fully saturated rings. The van der Waals surface area contributed by atoms with Gasteiger partial charge in [0, 0.05) is 11.6 Å². The quantitative estimate of drug-likeness (QED) is 0.742. The number of hydrogen-bond donors (Lipinski definition) is 1. The molecule has 0 atom stereocenters. The van der Waals surface area contributed by atoms with Crippen molar-refractivity contribution in [3.63, 3.8) is 0 Å². The van der Waals surface area contributed by atoms with Gasteiger partial charge in [0.15, 0.2) is 11.4 Å². The molecule has 0 spiro atoms. The minimum absolute atomic E-state index is 0.135. The molecule has 20 heavy (non-hydrogen) atoms. The Morgan fingerprint density at radius 3 is 2.80 bits per heavy atom. The van der Waals surface area contributed by atoms with Crippen LogP contribution >= 0.6 is 27.5 Å². The summed E-state index contributed by atoms with van der Waals surface area (Å²) in [6.45, 7) is 4.77. The van der Waals surface area contributed by atoms with E-state index in [1.807, 2.05) is 0 Å². The van der Waals surface area contributed by atoms with Crippen LogP contribution in [0.2, 0.25) is 5.02 Å². The molecule has 1 aromatic heterocycles. The first-order chi connectivity index (χ1) is 9.49.